The number of hydrogen-bond acceptors (Lipinski definition) is 2. The van der Waals surface area contributed by atoms with Gasteiger partial charge in [0.2, 0.25) is 5.91 Å². The van der Waals surface area contributed by atoms with Crippen molar-refractivity contribution in [1.82, 2.24) is 5.32 Å². The highest BCUT2D eigenvalue weighted by molar-refractivity contribution is 9.10. The number of rotatable bonds is 4. The van der Waals surface area contributed by atoms with Crippen LogP contribution in [0, 0.1) is 11.8 Å². The van der Waals surface area contributed by atoms with E-state index in [1.54, 1.807) is 0 Å². The first-order valence-corrected chi connectivity index (χ1v) is 7.56. The average Bonchev–Trinajstić information content (AvgIpc) is 2.88. The van der Waals surface area contributed by atoms with Gasteiger partial charge >= 0.3 is 5.97 Å². The number of hydrogen-bond donors (Lipinski definition) is 2. The molecule has 4 nitrogen and oxygen atoms in total. The first kappa shape index (κ1) is 15.0. The summed E-state index contributed by atoms with van der Waals surface area (Å²) < 4.78 is 0.961. The summed E-state index contributed by atoms with van der Waals surface area (Å²) >= 11 is 3.47. The van der Waals surface area contributed by atoms with E-state index in [0.29, 0.717) is 19.3 Å². The molecule has 2 rings (SSSR count). The monoisotopic (exact) mass is 339 g/mol. The molecule has 20 heavy (non-hydrogen) atoms. The lowest BCUT2D eigenvalue weighted by molar-refractivity contribution is -0.141. The zero-order valence-electron chi connectivity index (χ0n) is 11.3. The Bertz CT molecular complexity index is 518. The minimum absolute atomic E-state index is 0.0444. The van der Waals surface area contributed by atoms with Gasteiger partial charge in [0.25, 0.3) is 0 Å². The molecule has 2 N–H and O–H groups in total. The van der Waals surface area contributed by atoms with Crippen LogP contribution in [0.3, 0.4) is 0 Å². The summed E-state index contributed by atoms with van der Waals surface area (Å²) in [6.07, 6.45) is 1.70. The second-order valence-corrected chi connectivity index (χ2v) is 6.15. The molecule has 1 aromatic rings. The number of carbonyl (C=O) groups excluding carboxylic acids is 1. The van der Waals surface area contributed by atoms with Crippen LogP contribution < -0.4 is 5.32 Å². The molecule has 0 aromatic heterocycles. The molecule has 3 atom stereocenters. The smallest absolute Gasteiger partial charge is 0.306 e. The normalized spacial score (nSPS) is 23.3. The Morgan fingerprint density at radius 2 is 1.95 bits per heavy atom. The zero-order chi connectivity index (χ0) is 14.7. The first-order chi connectivity index (χ1) is 9.49. The summed E-state index contributed by atoms with van der Waals surface area (Å²) in [5, 5.41) is 11.9. The Balaban J connectivity index is 1.95. The van der Waals surface area contributed by atoms with Crippen molar-refractivity contribution in [3.63, 3.8) is 0 Å². The third kappa shape index (κ3) is 3.39. The van der Waals surface area contributed by atoms with Gasteiger partial charge in [0.1, 0.15) is 0 Å². The van der Waals surface area contributed by atoms with E-state index in [2.05, 4.69) is 21.2 Å². The average molecular weight is 340 g/mol. The van der Waals surface area contributed by atoms with Crippen molar-refractivity contribution in [1.29, 1.82) is 0 Å². The summed E-state index contributed by atoms with van der Waals surface area (Å²) in [7, 11) is 0. The van der Waals surface area contributed by atoms with Gasteiger partial charge in [-0.15, -0.1) is 0 Å². The van der Waals surface area contributed by atoms with E-state index >= 15 is 0 Å². The predicted molar refractivity (Wildman–Crippen MR) is 79.2 cm³/mol. The van der Waals surface area contributed by atoms with Crippen LogP contribution in [0.4, 0.5) is 0 Å². The number of carbonyl (C=O) groups is 2. The highest BCUT2D eigenvalue weighted by atomic mass is 79.9. The van der Waals surface area contributed by atoms with E-state index in [4.69, 9.17) is 5.11 Å². The summed E-state index contributed by atoms with van der Waals surface area (Å²) in [5.74, 6) is -1.39. The Hall–Kier alpha value is -1.36. The Labute approximate surface area is 126 Å². The number of halogens is 1. The number of aliphatic carboxylic acids is 1. The van der Waals surface area contributed by atoms with Crippen molar-refractivity contribution in [2.75, 3.05) is 0 Å². The fourth-order valence-electron chi connectivity index (χ4n) is 2.68. The summed E-state index contributed by atoms with van der Waals surface area (Å²) in [4.78, 5) is 23.1. The van der Waals surface area contributed by atoms with Gasteiger partial charge in [-0.25, -0.2) is 0 Å². The number of nitrogens with one attached hydrogen (secondary N) is 1. The maximum atomic E-state index is 12.2. The highest BCUT2D eigenvalue weighted by Crippen LogP contribution is 2.32. The molecule has 1 aromatic carbocycles. The predicted octanol–water partition coefficient (Wildman–Crippen LogP) is 3.13. The molecule has 0 heterocycles. The van der Waals surface area contributed by atoms with Crippen molar-refractivity contribution in [2.45, 2.75) is 32.2 Å². The summed E-state index contributed by atoms with van der Waals surface area (Å²) in [6.45, 7) is 1.93. The number of amides is 1. The van der Waals surface area contributed by atoms with Gasteiger partial charge in [-0.3, -0.25) is 9.59 Å². The number of carboxylic acids is 1. The molecule has 1 saturated carbocycles. The summed E-state index contributed by atoms with van der Waals surface area (Å²) in [6, 6.07) is 7.66. The van der Waals surface area contributed by atoms with Crippen LogP contribution >= 0.6 is 15.9 Å². The minimum atomic E-state index is -0.792. The molecule has 2 unspecified atom stereocenters. The van der Waals surface area contributed by atoms with E-state index in [-0.39, 0.29) is 23.8 Å². The van der Waals surface area contributed by atoms with Crippen molar-refractivity contribution in [3.05, 3.63) is 34.3 Å². The molecule has 1 aliphatic rings. The van der Waals surface area contributed by atoms with E-state index < -0.39 is 5.97 Å². The zero-order valence-corrected chi connectivity index (χ0v) is 12.9. The Morgan fingerprint density at radius 3 is 2.55 bits per heavy atom. The van der Waals surface area contributed by atoms with Gasteiger partial charge in [0, 0.05) is 10.4 Å². The Kier molecular flexibility index (Phi) is 4.81. The maximum Gasteiger partial charge on any atom is 0.306 e. The van der Waals surface area contributed by atoms with Crippen molar-refractivity contribution >= 4 is 27.8 Å². The fourth-order valence-corrected chi connectivity index (χ4v) is 3.31. The van der Waals surface area contributed by atoms with Crippen molar-refractivity contribution in [2.24, 2.45) is 11.8 Å². The number of benzene rings is 1. The molecule has 0 bridgehead atoms. The van der Waals surface area contributed by atoms with Crippen LogP contribution in [-0.4, -0.2) is 17.0 Å². The maximum absolute atomic E-state index is 12.2. The third-order valence-electron chi connectivity index (χ3n) is 3.88. The minimum Gasteiger partial charge on any atom is -0.481 e. The second kappa shape index (κ2) is 6.39. The van der Waals surface area contributed by atoms with Gasteiger partial charge in [0.15, 0.2) is 0 Å². The van der Waals surface area contributed by atoms with Gasteiger partial charge in [-0.2, -0.15) is 0 Å². The molecule has 108 valence electrons. The molecule has 0 spiro atoms. The molecule has 0 saturated heterocycles. The third-order valence-corrected chi connectivity index (χ3v) is 4.61. The highest BCUT2D eigenvalue weighted by Gasteiger charge is 2.34. The van der Waals surface area contributed by atoms with Gasteiger partial charge in [0.05, 0.1) is 12.0 Å². The van der Waals surface area contributed by atoms with E-state index in [1.165, 1.54) is 0 Å². The molecular formula is C15H18BrNO3. The molecule has 1 aliphatic carbocycles. The second-order valence-electron chi connectivity index (χ2n) is 5.30. The molecule has 1 fully saturated rings. The number of carboxylic acid groups (broad SMARTS) is 1. The van der Waals surface area contributed by atoms with Crippen LogP contribution in [0.25, 0.3) is 0 Å². The quantitative estimate of drug-likeness (QED) is 0.885. The standard InChI is InChI=1S/C15H18BrNO3/c1-9(12-4-2-3-5-13(12)16)17-14(18)10-6-7-11(8-10)15(19)20/h2-5,9-11H,6-8H2,1H3,(H,17,18)(H,19,20)/t9-,10?,11?/m1/s1. The van der Waals surface area contributed by atoms with Crippen LogP contribution in [-0.2, 0) is 9.59 Å². The lowest BCUT2D eigenvalue weighted by Crippen LogP contribution is -2.32. The summed E-state index contributed by atoms with van der Waals surface area (Å²) in [5.41, 5.74) is 1.02. The molecule has 1 amide bonds. The Morgan fingerprint density at radius 1 is 1.30 bits per heavy atom. The van der Waals surface area contributed by atoms with Crippen LogP contribution in [0.2, 0.25) is 0 Å². The van der Waals surface area contributed by atoms with Crippen LogP contribution in [0.15, 0.2) is 28.7 Å². The molecule has 0 aliphatic heterocycles. The van der Waals surface area contributed by atoms with Crippen LogP contribution in [0.5, 0.6) is 0 Å². The topological polar surface area (TPSA) is 66.4 Å². The largest absolute Gasteiger partial charge is 0.481 e. The van der Waals surface area contributed by atoms with E-state index in [0.717, 1.165) is 10.0 Å². The van der Waals surface area contributed by atoms with Gasteiger partial charge in [-0.1, -0.05) is 34.1 Å². The van der Waals surface area contributed by atoms with Crippen molar-refractivity contribution < 1.29 is 14.7 Å². The lowest BCUT2D eigenvalue weighted by Gasteiger charge is -2.18. The molecule has 0 radical (unpaired) electrons. The lowest BCUT2D eigenvalue weighted by atomic mass is 10.0. The first-order valence-electron chi connectivity index (χ1n) is 6.76. The van der Waals surface area contributed by atoms with Crippen LogP contribution in [0.1, 0.15) is 37.8 Å². The fraction of sp³-hybridized carbons (Fsp3) is 0.467. The molecule has 5 heteroatoms. The van der Waals surface area contributed by atoms with E-state index in [9.17, 15) is 9.59 Å². The van der Waals surface area contributed by atoms with Crippen molar-refractivity contribution in [3.8, 4) is 0 Å². The van der Waals surface area contributed by atoms with Gasteiger partial charge < -0.3 is 10.4 Å². The SMILES string of the molecule is C[C@@H](NC(=O)C1CCC(C(=O)O)C1)c1ccccc1Br. The van der Waals surface area contributed by atoms with E-state index in [1.807, 2.05) is 31.2 Å². The molecular weight excluding hydrogens is 322 g/mol. The van der Waals surface area contributed by atoms with Gasteiger partial charge in [-0.05, 0) is 37.8 Å².